The number of methoxy groups -OCH3 is 1. The number of nitrogen functional groups attached to an aromatic ring is 2. The molecule has 1 saturated heterocycles. The molecule has 9 nitrogen and oxygen atoms in total. The van der Waals surface area contributed by atoms with E-state index in [9.17, 15) is 4.79 Å². The fourth-order valence-electron chi connectivity index (χ4n) is 3.47. The van der Waals surface area contributed by atoms with Crippen molar-refractivity contribution in [3.05, 3.63) is 24.0 Å². The second kappa shape index (κ2) is 8.83. The van der Waals surface area contributed by atoms with E-state index in [4.69, 9.17) is 16.2 Å². The molecule has 0 aliphatic carbocycles. The van der Waals surface area contributed by atoms with E-state index in [2.05, 4.69) is 25.2 Å². The number of carbonyl (C=O) groups excluding carboxylic acids is 1. The van der Waals surface area contributed by atoms with Crippen LogP contribution in [0.25, 0.3) is 11.1 Å². The van der Waals surface area contributed by atoms with Gasteiger partial charge in [-0.2, -0.15) is 4.98 Å². The Morgan fingerprint density at radius 2 is 2.04 bits per heavy atom. The SMILES string of the molecule is COCCNC(=O)C1CCN(c2nc(N)nc(C)c2-c2ccc(N)nc2)CC1. The molecule has 1 amide bonds. The standard InChI is InChI=1S/C19H27N7O2/c1-12-16(14-3-4-15(20)23-11-14)17(25-19(21)24-12)26-8-5-13(6-9-26)18(27)22-7-10-28-2/h3-4,11,13H,5-10H2,1-2H3,(H2,20,23)(H,22,27)(H2,21,24,25). The molecule has 150 valence electrons. The lowest BCUT2D eigenvalue weighted by atomic mass is 9.95. The lowest BCUT2D eigenvalue weighted by Gasteiger charge is -2.33. The van der Waals surface area contributed by atoms with E-state index in [1.165, 1.54) is 0 Å². The fraction of sp³-hybridized carbons (Fsp3) is 0.474. The molecular formula is C19H27N7O2. The molecule has 0 saturated carbocycles. The van der Waals surface area contributed by atoms with Crippen molar-refractivity contribution >= 4 is 23.5 Å². The molecule has 3 heterocycles. The molecule has 1 fully saturated rings. The van der Waals surface area contributed by atoms with Crippen LogP contribution in [0.4, 0.5) is 17.6 Å². The van der Waals surface area contributed by atoms with Gasteiger partial charge in [0.1, 0.15) is 11.6 Å². The number of aromatic nitrogens is 3. The Labute approximate surface area is 164 Å². The van der Waals surface area contributed by atoms with Crippen LogP contribution < -0.4 is 21.7 Å². The van der Waals surface area contributed by atoms with Crippen molar-refractivity contribution in [1.82, 2.24) is 20.3 Å². The van der Waals surface area contributed by atoms with Gasteiger partial charge in [0, 0.05) is 50.0 Å². The van der Waals surface area contributed by atoms with E-state index in [-0.39, 0.29) is 17.8 Å². The highest BCUT2D eigenvalue weighted by molar-refractivity contribution is 5.80. The van der Waals surface area contributed by atoms with Gasteiger partial charge in [0.25, 0.3) is 0 Å². The van der Waals surface area contributed by atoms with E-state index in [0.29, 0.717) is 32.1 Å². The zero-order valence-electron chi connectivity index (χ0n) is 16.3. The number of hydrogen-bond donors (Lipinski definition) is 3. The lowest BCUT2D eigenvalue weighted by Crippen LogP contribution is -2.41. The van der Waals surface area contributed by atoms with Crippen LogP contribution >= 0.6 is 0 Å². The molecule has 0 spiro atoms. The number of amides is 1. The van der Waals surface area contributed by atoms with Crippen molar-refractivity contribution in [2.75, 3.05) is 49.7 Å². The molecule has 0 aromatic carbocycles. The van der Waals surface area contributed by atoms with Crippen LogP contribution in [0.15, 0.2) is 18.3 Å². The largest absolute Gasteiger partial charge is 0.384 e. The van der Waals surface area contributed by atoms with Gasteiger partial charge < -0.3 is 26.4 Å². The summed E-state index contributed by atoms with van der Waals surface area (Å²) >= 11 is 0. The van der Waals surface area contributed by atoms with Gasteiger partial charge in [-0.1, -0.05) is 0 Å². The molecular weight excluding hydrogens is 358 g/mol. The van der Waals surface area contributed by atoms with E-state index in [1.54, 1.807) is 19.4 Å². The smallest absolute Gasteiger partial charge is 0.223 e. The number of ether oxygens (including phenoxy) is 1. The normalized spacial score (nSPS) is 14.9. The maximum atomic E-state index is 12.3. The number of aryl methyl sites for hydroxylation is 1. The summed E-state index contributed by atoms with van der Waals surface area (Å²) in [5.41, 5.74) is 14.2. The minimum absolute atomic E-state index is 0.00460. The van der Waals surface area contributed by atoms with E-state index < -0.39 is 0 Å². The molecule has 9 heteroatoms. The maximum absolute atomic E-state index is 12.3. The van der Waals surface area contributed by atoms with Gasteiger partial charge in [-0.3, -0.25) is 4.79 Å². The number of nitrogens with two attached hydrogens (primary N) is 2. The summed E-state index contributed by atoms with van der Waals surface area (Å²) in [6.45, 7) is 4.39. The van der Waals surface area contributed by atoms with Crippen molar-refractivity contribution in [3.63, 3.8) is 0 Å². The molecule has 1 aliphatic heterocycles. The van der Waals surface area contributed by atoms with Crippen LogP contribution in [0.2, 0.25) is 0 Å². The number of carbonyl (C=O) groups is 1. The zero-order valence-corrected chi connectivity index (χ0v) is 16.3. The third-order valence-electron chi connectivity index (χ3n) is 4.93. The Balaban J connectivity index is 1.77. The van der Waals surface area contributed by atoms with E-state index in [0.717, 1.165) is 35.5 Å². The summed E-state index contributed by atoms with van der Waals surface area (Å²) in [4.78, 5) is 27.5. The Morgan fingerprint density at radius 1 is 1.29 bits per heavy atom. The van der Waals surface area contributed by atoms with Gasteiger partial charge in [-0.25, -0.2) is 9.97 Å². The Morgan fingerprint density at radius 3 is 2.68 bits per heavy atom. The van der Waals surface area contributed by atoms with E-state index >= 15 is 0 Å². The zero-order chi connectivity index (χ0) is 20.1. The number of pyridine rings is 1. The number of anilines is 3. The Kier molecular flexibility index (Phi) is 6.25. The highest BCUT2D eigenvalue weighted by Crippen LogP contribution is 2.34. The average molecular weight is 385 g/mol. The monoisotopic (exact) mass is 385 g/mol. The molecule has 5 N–H and O–H groups in total. The summed E-state index contributed by atoms with van der Waals surface area (Å²) in [7, 11) is 1.62. The first-order valence-corrected chi connectivity index (χ1v) is 9.37. The minimum Gasteiger partial charge on any atom is -0.384 e. The van der Waals surface area contributed by atoms with Gasteiger partial charge in [0.2, 0.25) is 11.9 Å². The summed E-state index contributed by atoms with van der Waals surface area (Å²) in [5, 5.41) is 2.92. The van der Waals surface area contributed by atoms with Crippen molar-refractivity contribution in [1.29, 1.82) is 0 Å². The predicted molar refractivity (Wildman–Crippen MR) is 109 cm³/mol. The van der Waals surface area contributed by atoms with Gasteiger partial charge in [0.05, 0.1) is 12.3 Å². The van der Waals surface area contributed by atoms with Crippen LogP contribution in [0, 0.1) is 12.8 Å². The second-order valence-electron chi connectivity index (χ2n) is 6.88. The number of hydrogen-bond acceptors (Lipinski definition) is 8. The molecule has 28 heavy (non-hydrogen) atoms. The maximum Gasteiger partial charge on any atom is 0.223 e. The Bertz CT molecular complexity index is 818. The first-order chi connectivity index (χ1) is 13.5. The third-order valence-corrected chi connectivity index (χ3v) is 4.93. The predicted octanol–water partition coefficient (Wildman–Crippen LogP) is 0.990. The number of nitrogens with zero attached hydrogens (tertiary/aromatic N) is 4. The fourth-order valence-corrected chi connectivity index (χ4v) is 3.47. The van der Waals surface area contributed by atoms with Gasteiger partial charge in [-0.05, 0) is 31.9 Å². The quantitative estimate of drug-likeness (QED) is 0.627. The molecule has 3 rings (SSSR count). The van der Waals surface area contributed by atoms with Crippen LogP contribution in [-0.4, -0.2) is 54.2 Å². The first kappa shape index (κ1) is 19.8. The molecule has 2 aromatic heterocycles. The average Bonchev–Trinajstić information content (AvgIpc) is 2.69. The van der Waals surface area contributed by atoms with Crippen LogP contribution in [0.5, 0.6) is 0 Å². The molecule has 0 atom stereocenters. The topological polar surface area (TPSA) is 132 Å². The Hall–Kier alpha value is -2.94. The first-order valence-electron chi connectivity index (χ1n) is 9.37. The van der Waals surface area contributed by atoms with Crippen molar-refractivity contribution in [2.45, 2.75) is 19.8 Å². The summed E-state index contributed by atoms with van der Waals surface area (Å²) in [6, 6.07) is 3.66. The molecule has 2 aromatic rings. The van der Waals surface area contributed by atoms with Gasteiger partial charge in [-0.15, -0.1) is 0 Å². The summed E-state index contributed by atoms with van der Waals surface area (Å²) < 4.78 is 4.98. The number of nitrogens with one attached hydrogen (secondary N) is 1. The van der Waals surface area contributed by atoms with Crippen LogP contribution in [-0.2, 0) is 9.53 Å². The van der Waals surface area contributed by atoms with Crippen molar-refractivity contribution in [3.8, 4) is 11.1 Å². The van der Waals surface area contributed by atoms with Crippen LogP contribution in [0.1, 0.15) is 18.5 Å². The second-order valence-corrected chi connectivity index (χ2v) is 6.88. The lowest BCUT2D eigenvalue weighted by molar-refractivity contribution is -0.125. The third kappa shape index (κ3) is 4.48. The number of rotatable bonds is 6. The highest BCUT2D eigenvalue weighted by Gasteiger charge is 2.27. The van der Waals surface area contributed by atoms with Crippen LogP contribution in [0.3, 0.4) is 0 Å². The summed E-state index contributed by atoms with van der Waals surface area (Å²) in [5.74, 6) is 1.54. The van der Waals surface area contributed by atoms with Crippen molar-refractivity contribution < 1.29 is 9.53 Å². The molecule has 1 aliphatic rings. The van der Waals surface area contributed by atoms with Gasteiger partial charge in [0.15, 0.2) is 0 Å². The minimum atomic E-state index is -0.00460. The molecule has 0 bridgehead atoms. The van der Waals surface area contributed by atoms with Gasteiger partial charge >= 0.3 is 0 Å². The summed E-state index contributed by atoms with van der Waals surface area (Å²) in [6.07, 6.45) is 3.22. The number of piperidine rings is 1. The van der Waals surface area contributed by atoms with E-state index in [1.807, 2.05) is 13.0 Å². The van der Waals surface area contributed by atoms with Crippen molar-refractivity contribution in [2.24, 2.45) is 5.92 Å². The highest BCUT2D eigenvalue weighted by atomic mass is 16.5. The molecule has 0 radical (unpaired) electrons. The molecule has 0 unspecified atom stereocenters.